The molecule has 1 heterocycles. The SMILES string of the molecule is Cc1ccc(CN2CC(C(=O)NCc3ccccc3OCC(C)C)CC2=O)cc1. The summed E-state index contributed by atoms with van der Waals surface area (Å²) in [6.07, 6.45) is 0.267. The van der Waals surface area contributed by atoms with Crippen LogP contribution in [0.2, 0.25) is 0 Å². The molecule has 1 aliphatic rings. The highest BCUT2D eigenvalue weighted by Crippen LogP contribution is 2.22. The Morgan fingerprint density at radius 1 is 1.17 bits per heavy atom. The summed E-state index contributed by atoms with van der Waals surface area (Å²) in [7, 11) is 0. The van der Waals surface area contributed by atoms with Crippen molar-refractivity contribution in [3.63, 3.8) is 0 Å². The van der Waals surface area contributed by atoms with Crippen molar-refractivity contribution >= 4 is 11.8 Å². The highest BCUT2D eigenvalue weighted by molar-refractivity contribution is 5.89. The van der Waals surface area contributed by atoms with Gasteiger partial charge in [-0.1, -0.05) is 61.9 Å². The standard InChI is InChI=1S/C24H30N2O3/c1-17(2)16-29-22-7-5-4-6-20(22)13-25-24(28)21-12-23(27)26(15-21)14-19-10-8-18(3)9-11-19/h4-11,17,21H,12-16H2,1-3H3,(H,25,28). The summed E-state index contributed by atoms with van der Waals surface area (Å²) in [5.41, 5.74) is 3.22. The molecule has 0 spiro atoms. The van der Waals surface area contributed by atoms with Gasteiger partial charge in [-0.05, 0) is 24.5 Å². The summed E-state index contributed by atoms with van der Waals surface area (Å²) in [6, 6.07) is 15.9. The quantitative estimate of drug-likeness (QED) is 0.743. The van der Waals surface area contributed by atoms with E-state index in [-0.39, 0.29) is 24.2 Å². The van der Waals surface area contributed by atoms with Gasteiger partial charge >= 0.3 is 0 Å². The third kappa shape index (κ3) is 5.83. The van der Waals surface area contributed by atoms with Crippen LogP contribution in [0.3, 0.4) is 0 Å². The van der Waals surface area contributed by atoms with Crippen molar-refractivity contribution in [3.05, 3.63) is 65.2 Å². The van der Waals surface area contributed by atoms with Gasteiger partial charge in [-0.2, -0.15) is 0 Å². The molecule has 1 aliphatic heterocycles. The average molecular weight is 395 g/mol. The van der Waals surface area contributed by atoms with Crippen LogP contribution in [0.4, 0.5) is 0 Å². The van der Waals surface area contributed by atoms with Crippen LogP contribution in [-0.4, -0.2) is 29.9 Å². The van der Waals surface area contributed by atoms with Gasteiger partial charge in [-0.25, -0.2) is 0 Å². The lowest BCUT2D eigenvalue weighted by atomic mass is 10.1. The Kier molecular flexibility index (Phi) is 6.91. The van der Waals surface area contributed by atoms with Gasteiger partial charge in [-0.3, -0.25) is 9.59 Å². The molecule has 1 saturated heterocycles. The van der Waals surface area contributed by atoms with Gasteiger partial charge in [0.25, 0.3) is 0 Å². The molecule has 5 nitrogen and oxygen atoms in total. The van der Waals surface area contributed by atoms with E-state index in [1.807, 2.05) is 55.5 Å². The Hall–Kier alpha value is -2.82. The van der Waals surface area contributed by atoms with E-state index in [2.05, 4.69) is 19.2 Å². The summed E-state index contributed by atoms with van der Waals surface area (Å²) in [6.45, 7) is 8.29. The number of nitrogens with zero attached hydrogens (tertiary/aromatic N) is 1. The van der Waals surface area contributed by atoms with E-state index < -0.39 is 0 Å². The largest absolute Gasteiger partial charge is 0.493 e. The second-order valence-corrected chi connectivity index (χ2v) is 8.19. The second kappa shape index (κ2) is 9.59. The third-order valence-corrected chi connectivity index (χ3v) is 5.08. The number of carbonyl (C=O) groups is 2. The van der Waals surface area contributed by atoms with Crippen LogP contribution in [0.25, 0.3) is 0 Å². The van der Waals surface area contributed by atoms with E-state index in [1.165, 1.54) is 5.56 Å². The molecule has 1 fully saturated rings. The van der Waals surface area contributed by atoms with Crippen molar-refractivity contribution in [1.82, 2.24) is 10.2 Å². The number of hydrogen-bond donors (Lipinski definition) is 1. The Labute approximate surface area is 173 Å². The zero-order valence-electron chi connectivity index (χ0n) is 17.5. The van der Waals surface area contributed by atoms with Gasteiger partial charge in [0.1, 0.15) is 5.75 Å². The van der Waals surface area contributed by atoms with Crippen LogP contribution in [-0.2, 0) is 22.7 Å². The van der Waals surface area contributed by atoms with Gasteiger partial charge in [0.2, 0.25) is 11.8 Å². The average Bonchev–Trinajstić information content (AvgIpc) is 3.07. The number of amides is 2. The van der Waals surface area contributed by atoms with E-state index in [4.69, 9.17) is 4.74 Å². The maximum atomic E-state index is 12.7. The molecule has 0 aliphatic carbocycles. The molecule has 5 heteroatoms. The molecular formula is C24H30N2O3. The summed E-state index contributed by atoms with van der Waals surface area (Å²) >= 11 is 0. The van der Waals surface area contributed by atoms with Crippen molar-refractivity contribution in [2.45, 2.75) is 40.3 Å². The van der Waals surface area contributed by atoms with Gasteiger partial charge in [0.15, 0.2) is 0 Å². The topological polar surface area (TPSA) is 58.6 Å². The Bertz CT molecular complexity index is 845. The molecular weight excluding hydrogens is 364 g/mol. The van der Waals surface area contributed by atoms with Crippen molar-refractivity contribution in [2.24, 2.45) is 11.8 Å². The number of likely N-dealkylation sites (tertiary alicyclic amines) is 1. The van der Waals surface area contributed by atoms with Gasteiger partial charge in [-0.15, -0.1) is 0 Å². The molecule has 29 heavy (non-hydrogen) atoms. The van der Waals surface area contributed by atoms with Crippen LogP contribution in [0.15, 0.2) is 48.5 Å². The summed E-state index contributed by atoms with van der Waals surface area (Å²) < 4.78 is 5.85. The number of benzene rings is 2. The van der Waals surface area contributed by atoms with E-state index in [0.29, 0.717) is 32.2 Å². The van der Waals surface area contributed by atoms with Crippen LogP contribution >= 0.6 is 0 Å². The first-order chi connectivity index (χ1) is 13.9. The number of rotatable bonds is 8. The number of aryl methyl sites for hydroxylation is 1. The maximum absolute atomic E-state index is 12.7. The smallest absolute Gasteiger partial charge is 0.225 e. The first-order valence-electron chi connectivity index (χ1n) is 10.2. The fourth-order valence-electron chi connectivity index (χ4n) is 3.39. The first kappa shape index (κ1) is 20.9. The van der Waals surface area contributed by atoms with Gasteiger partial charge in [0.05, 0.1) is 12.5 Å². The first-order valence-corrected chi connectivity index (χ1v) is 10.2. The number of nitrogens with one attached hydrogen (secondary N) is 1. The predicted molar refractivity (Wildman–Crippen MR) is 113 cm³/mol. The Morgan fingerprint density at radius 3 is 2.62 bits per heavy atom. The molecule has 2 amide bonds. The lowest BCUT2D eigenvalue weighted by Gasteiger charge is -2.17. The van der Waals surface area contributed by atoms with Gasteiger partial charge in [0, 0.05) is 31.6 Å². The molecule has 0 bridgehead atoms. The van der Waals surface area contributed by atoms with E-state index in [9.17, 15) is 9.59 Å². The normalized spacial score (nSPS) is 16.3. The number of carbonyl (C=O) groups excluding carboxylic acids is 2. The second-order valence-electron chi connectivity index (χ2n) is 8.19. The third-order valence-electron chi connectivity index (χ3n) is 5.08. The molecule has 0 radical (unpaired) electrons. The lowest BCUT2D eigenvalue weighted by Crippen LogP contribution is -2.32. The van der Waals surface area contributed by atoms with Crippen molar-refractivity contribution in [3.8, 4) is 5.75 Å². The predicted octanol–water partition coefficient (Wildman–Crippen LogP) is 3.69. The zero-order valence-corrected chi connectivity index (χ0v) is 17.5. The molecule has 2 aromatic carbocycles. The summed E-state index contributed by atoms with van der Waals surface area (Å²) in [4.78, 5) is 26.8. The molecule has 154 valence electrons. The van der Waals surface area contributed by atoms with Crippen LogP contribution in [0.1, 0.15) is 37.0 Å². The highest BCUT2D eigenvalue weighted by atomic mass is 16.5. The maximum Gasteiger partial charge on any atom is 0.225 e. The van der Waals surface area contributed by atoms with Crippen LogP contribution in [0.5, 0.6) is 5.75 Å². The van der Waals surface area contributed by atoms with Crippen molar-refractivity contribution in [1.29, 1.82) is 0 Å². The molecule has 3 rings (SSSR count). The number of hydrogen-bond acceptors (Lipinski definition) is 3. The summed E-state index contributed by atoms with van der Waals surface area (Å²) in [5.74, 6) is 0.873. The van der Waals surface area contributed by atoms with E-state index in [0.717, 1.165) is 16.9 Å². The van der Waals surface area contributed by atoms with Crippen LogP contribution < -0.4 is 10.1 Å². The highest BCUT2D eigenvalue weighted by Gasteiger charge is 2.34. The minimum absolute atomic E-state index is 0.0337. The van der Waals surface area contributed by atoms with E-state index >= 15 is 0 Å². The summed E-state index contributed by atoms with van der Waals surface area (Å²) in [5, 5.41) is 2.98. The molecule has 0 aromatic heterocycles. The lowest BCUT2D eigenvalue weighted by molar-refractivity contribution is -0.129. The minimum Gasteiger partial charge on any atom is -0.493 e. The molecule has 1 atom stereocenters. The van der Waals surface area contributed by atoms with Gasteiger partial charge < -0.3 is 15.0 Å². The fourth-order valence-corrected chi connectivity index (χ4v) is 3.39. The molecule has 1 unspecified atom stereocenters. The monoisotopic (exact) mass is 394 g/mol. The van der Waals surface area contributed by atoms with Crippen molar-refractivity contribution < 1.29 is 14.3 Å². The molecule has 2 aromatic rings. The van der Waals surface area contributed by atoms with Crippen molar-refractivity contribution in [2.75, 3.05) is 13.2 Å². The fraction of sp³-hybridized carbons (Fsp3) is 0.417. The number of para-hydroxylation sites is 1. The van der Waals surface area contributed by atoms with E-state index in [1.54, 1.807) is 4.90 Å². The Balaban J connectivity index is 1.54. The molecule has 1 N–H and O–H groups in total. The Morgan fingerprint density at radius 2 is 1.90 bits per heavy atom. The minimum atomic E-state index is -0.309. The van der Waals surface area contributed by atoms with Crippen LogP contribution in [0, 0.1) is 18.8 Å². The zero-order chi connectivity index (χ0) is 20.8. The molecule has 0 saturated carbocycles. The number of ether oxygens (including phenoxy) is 1.